The van der Waals surface area contributed by atoms with E-state index in [0.717, 1.165) is 19.4 Å². The second kappa shape index (κ2) is 8.16. The van der Waals surface area contributed by atoms with E-state index in [9.17, 15) is 9.59 Å². The number of nitrogens with one attached hydrogen (secondary N) is 2. The lowest BCUT2D eigenvalue weighted by Crippen LogP contribution is -2.38. The summed E-state index contributed by atoms with van der Waals surface area (Å²) in [6, 6.07) is 7.38. The molecule has 2 amide bonds. The van der Waals surface area contributed by atoms with E-state index in [-0.39, 0.29) is 17.9 Å². The molecule has 0 radical (unpaired) electrons. The van der Waals surface area contributed by atoms with Crippen molar-refractivity contribution in [2.24, 2.45) is 0 Å². The molecule has 146 valence electrons. The van der Waals surface area contributed by atoms with Crippen molar-refractivity contribution in [1.82, 2.24) is 19.8 Å². The summed E-state index contributed by atoms with van der Waals surface area (Å²) in [7, 11) is 0. The van der Waals surface area contributed by atoms with Gasteiger partial charge in [0.2, 0.25) is 5.91 Å². The SMILES string of the molecule is O=C(Nc1ccccc1Cl)c1cnc2n1CCN(C(=O)/C=C/[C@@H]1CCCN1)C2. The first-order valence-corrected chi connectivity index (χ1v) is 9.80. The first-order chi connectivity index (χ1) is 13.6. The van der Waals surface area contributed by atoms with Gasteiger partial charge in [-0.3, -0.25) is 9.59 Å². The van der Waals surface area contributed by atoms with Gasteiger partial charge in [-0.2, -0.15) is 0 Å². The van der Waals surface area contributed by atoms with Crippen LogP contribution in [0.25, 0.3) is 0 Å². The Morgan fingerprint density at radius 3 is 2.93 bits per heavy atom. The fraction of sp³-hybridized carbons (Fsp3) is 0.350. The average Bonchev–Trinajstić information content (AvgIpc) is 3.37. The van der Waals surface area contributed by atoms with Crippen molar-refractivity contribution in [3.63, 3.8) is 0 Å². The quantitative estimate of drug-likeness (QED) is 0.774. The van der Waals surface area contributed by atoms with Gasteiger partial charge in [0.1, 0.15) is 11.5 Å². The summed E-state index contributed by atoms with van der Waals surface area (Å²) in [4.78, 5) is 31.2. The van der Waals surface area contributed by atoms with Gasteiger partial charge in [-0.1, -0.05) is 29.8 Å². The highest BCUT2D eigenvalue weighted by Crippen LogP contribution is 2.22. The Hall–Kier alpha value is -2.64. The molecule has 1 saturated heterocycles. The highest BCUT2D eigenvalue weighted by Gasteiger charge is 2.25. The number of imidazole rings is 1. The Kier molecular flexibility index (Phi) is 5.45. The predicted molar refractivity (Wildman–Crippen MR) is 107 cm³/mol. The zero-order chi connectivity index (χ0) is 19.5. The van der Waals surface area contributed by atoms with E-state index >= 15 is 0 Å². The van der Waals surface area contributed by atoms with Gasteiger partial charge in [0.25, 0.3) is 5.91 Å². The summed E-state index contributed by atoms with van der Waals surface area (Å²) in [6.45, 7) is 2.46. The van der Waals surface area contributed by atoms with Crippen LogP contribution in [0.4, 0.5) is 5.69 Å². The lowest BCUT2D eigenvalue weighted by Gasteiger charge is -2.27. The molecule has 2 aliphatic rings. The van der Waals surface area contributed by atoms with E-state index in [1.165, 1.54) is 0 Å². The minimum absolute atomic E-state index is 0.0231. The van der Waals surface area contributed by atoms with Crippen LogP contribution in [0.5, 0.6) is 0 Å². The molecule has 0 saturated carbocycles. The van der Waals surface area contributed by atoms with Gasteiger partial charge >= 0.3 is 0 Å². The Bertz CT molecular complexity index is 917. The lowest BCUT2D eigenvalue weighted by molar-refractivity contribution is -0.127. The van der Waals surface area contributed by atoms with Crippen LogP contribution in [0.2, 0.25) is 5.02 Å². The van der Waals surface area contributed by atoms with Crippen LogP contribution in [0.15, 0.2) is 42.6 Å². The number of nitrogens with zero attached hydrogens (tertiary/aromatic N) is 3. The van der Waals surface area contributed by atoms with Crippen molar-refractivity contribution >= 4 is 29.1 Å². The molecule has 1 aromatic carbocycles. The number of aromatic nitrogens is 2. The summed E-state index contributed by atoms with van der Waals surface area (Å²) in [5.74, 6) is 0.417. The van der Waals surface area contributed by atoms with Crippen LogP contribution in [0.3, 0.4) is 0 Å². The summed E-state index contributed by atoms with van der Waals surface area (Å²) >= 11 is 6.11. The molecule has 3 heterocycles. The zero-order valence-corrected chi connectivity index (χ0v) is 16.2. The molecule has 2 aliphatic heterocycles. The summed E-state index contributed by atoms with van der Waals surface area (Å²) in [5.41, 5.74) is 1.02. The molecule has 2 aromatic rings. The normalized spacial score (nSPS) is 19.0. The number of halogens is 1. The standard InChI is InChI=1S/C20H22ClN5O2/c21-15-5-1-2-6-16(15)24-20(28)17-12-23-18-13-25(10-11-26(17)18)19(27)8-7-14-4-3-9-22-14/h1-2,5-8,12,14,22H,3-4,9-11,13H2,(H,24,28)/b8-7+/t14-/m0/s1. The Morgan fingerprint density at radius 2 is 2.14 bits per heavy atom. The van der Waals surface area contributed by atoms with Crippen LogP contribution in [-0.4, -0.2) is 45.4 Å². The van der Waals surface area contributed by atoms with Crippen molar-refractivity contribution in [1.29, 1.82) is 0 Å². The van der Waals surface area contributed by atoms with E-state index < -0.39 is 0 Å². The number of carbonyl (C=O) groups excluding carboxylic acids is 2. The Morgan fingerprint density at radius 1 is 1.29 bits per heavy atom. The second-order valence-electron chi connectivity index (χ2n) is 6.97. The topological polar surface area (TPSA) is 79.3 Å². The van der Waals surface area contributed by atoms with Gasteiger partial charge in [0.05, 0.1) is 23.5 Å². The monoisotopic (exact) mass is 399 g/mol. The zero-order valence-electron chi connectivity index (χ0n) is 15.4. The number of amides is 2. The predicted octanol–water partition coefficient (Wildman–Crippen LogP) is 2.44. The molecular weight excluding hydrogens is 378 g/mol. The maximum Gasteiger partial charge on any atom is 0.273 e. The molecule has 1 atom stereocenters. The number of para-hydroxylation sites is 1. The minimum Gasteiger partial charge on any atom is -0.330 e. The van der Waals surface area contributed by atoms with Crippen LogP contribution < -0.4 is 10.6 Å². The molecule has 0 unspecified atom stereocenters. The van der Waals surface area contributed by atoms with Gasteiger partial charge in [0, 0.05) is 25.2 Å². The maximum absolute atomic E-state index is 12.6. The molecule has 0 bridgehead atoms. The van der Waals surface area contributed by atoms with Gasteiger partial charge < -0.3 is 20.1 Å². The minimum atomic E-state index is -0.265. The summed E-state index contributed by atoms with van der Waals surface area (Å²) in [6.07, 6.45) is 7.35. The van der Waals surface area contributed by atoms with Crippen molar-refractivity contribution < 1.29 is 9.59 Å². The number of rotatable bonds is 4. The highest BCUT2D eigenvalue weighted by atomic mass is 35.5. The molecule has 4 rings (SSSR count). The van der Waals surface area contributed by atoms with E-state index in [2.05, 4.69) is 15.6 Å². The van der Waals surface area contributed by atoms with Crippen LogP contribution >= 0.6 is 11.6 Å². The number of hydrogen-bond acceptors (Lipinski definition) is 4. The van der Waals surface area contributed by atoms with Crippen molar-refractivity contribution in [3.05, 3.63) is 59.2 Å². The number of anilines is 1. The Labute approximate surface area is 168 Å². The first-order valence-electron chi connectivity index (χ1n) is 9.42. The van der Waals surface area contributed by atoms with Gasteiger partial charge in [-0.05, 0) is 31.5 Å². The molecular formula is C20H22ClN5O2. The number of fused-ring (bicyclic) bond motifs is 1. The third kappa shape index (κ3) is 3.95. The third-order valence-electron chi connectivity index (χ3n) is 5.10. The largest absolute Gasteiger partial charge is 0.330 e. The van der Waals surface area contributed by atoms with Crippen molar-refractivity contribution in [3.8, 4) is 0 Å². The van der Waals surface area contributed by atoms with Crippen molar-refractivity contribution in [2.75, 3.05) is 18.4 Å². The molecule has 2 N–H and O–H groups in total. The molecule has 0 spiro atoms. The van der Waals surface area contributed by atoms with Gasteiger partial charge in [0.15, 0.2) is 0 Å². The molecule has 7 nitrogen and oxygen atoms in total. The van der Waals surface area contributed by atoms with Crippen molar-refractivity contribution in [2.45, 2.75) is 32.0 Å². The molecule has 1 aromatic heterocycles. The van der Waals surface area contributed by atoms with Gasteiger partial charge in [-0.15, -0.1) is 0 Å². The lowest BCUT2D eigenvalue weighted by atomic mass is 10.2. The molecule has 1 fully saturated rings. The van der Waals surface area contributed by atoms with E-state index in [1.54, 1.807) is 29.3 Å². The van der Waals surface area contributed by atoms with Crippen LogP contribution in [0.1, 0.15) is 29.2 Å². The third-order valence-corrected chi connectivity index (χ3v) is 5.43. The molecule has 0 aliphatic carbocycles. The van der Waals surface area contributed by atoms with E-state index in [1.807, 2.05) is 22.8 Å². The number of carbonyl (C=O) groups is 2. The van der Waals surface area contributed by atoms with E-state index in [0.29, 0.717) is 41.9 Å². The summed E-state index contributed by atoms with van der Waals surface area (Å²) in [5, 5.41) is 6.64. The number of benzene rings is 1. The van der Waals surface area contributed by atoms with E-state index in [4.69, 9.17) is 11.6 Å². The average molecular weight is 400 g/mol. The van der Waals surface area contributed by atoms with Crippen LogP contribution in [-0.2, 0) is 17.9 Å². The Balaban J connectivity index is 1.42. The highest BCUT2D eigenvalue weighted by molar-refractivity contribution is 6.33. The summed E-state index contributed by atoms with van der Waals surface area (Å²) < 4.78 is 1.86. The second-order valence-corrected chi connectivity index (χ2v) is 7.37. The molecule has 28 heavy (non-hydrogen) atoms. The first kappa shape index (κ1) is 18.7. The smallest absolute Gasteiger partial charge is 0.273 e. The maximum atomic E-state index is 12.6. The van der Waals surface area contributed by atoms with Gasteiger partial charge in [-0.25, -0.2) is 4.98 Å². The number of hydrogen-bond donors (Lipinski definition) is 2. The van der Waals surface area contributed by atoms with Crippen LogP contribution in [0, 0.1) is 0 Å². The molecule has 8 heteroatoms. The fourth-order valence-corrected chi connectivity index (χ4v) is 3.74. The fourth-order valence-electron chi connectivity index (χ4n) is 3.56.